The molecule has 0 aliphatic rings. The number of para-hydroxylation sites is 1. The van der Waals surface area contributed by atoms with Crippen molar-refractivity contribution in [2.75, 3.05) is 12.4 Å². The average molecular weight is 653 g/mol. The van der Waals surface area contributed by atoms with Crippen LogP contribution in [0.25, 0.3) is 6.08 Å². The standard InChI is InChI=1S/C24H18BrIN2O5S/c1-15-7-9-18(10-8-15)34(30,31)33-23-19(25)12-16(13-22(23)32-2)11-17(14-27)24(29)28-21-6-4-3-5-20(21)26/h3-13H,1-2H3,(H,28,29)/b17-11-. The van der Waals surface area contributed by atoms with Crippen LogP contribution in [0.5, 0.6) is 11.5 Å². The molecule has 0 aromatic heterocycles. The molecular weight excluding hydrogens is 635 g/mol. The van der Waals surface area contributed by atoms with Gasteiger partial charge in [-0.1, -0.05) is 29.8 Å². The summed E-state index contributed by atoms with van der Waals surface area (Å²) in [6, 6.07) is 18.3. The van der Waals surface area contributed by atoms with E-state index in [2.05, 4.69) is 43.8 Å². The summed E-state index contributed by atoms with van der Waals surface area (Å²) in [6.45, 7) is 1.85. The maximum atomic E-state index is 12.7. The number of ether oxygens (including phenoxy) is 1. The van der Waals surface area contributed by atoms with E-state index in [0.717, 1.165) is 9.13 Å². The van der Waals surface area contributed by atoms with E-state index in [0.29, 0.717) is 11.3 Å². The van der Waals surface area contributed by atoms with E-state index >= 15 is 0 Å². The first-order valence-electron chi connectivity index (χ1n) is 9.71. The summed E-state index contributed by atoms with van der Waals surface area (Å²) in [7, 11) is -2.76. The van der Waals surface area contributed by atoms with Gasteiger partial charge in [0.2, 0.25) is 0 Å². The molecule has 10 heteroatoms. The zero-order chi connectivity index (χ0) is 24.9. The number of amides is 1. The van der Waals surface area contributed by atoms with Crippen molar-refractivity contribution < 1.29 is 22.1 Å². The van der Waals surface area contributed by atoms with Crippen LogP contribution >= 0.6 is 38.5 Å². The number of carbonyl (C=O) groups is 1. The Bertz CT molecular complexity index is 1410. The molecule has 7 nitrogen and oxygen atoms in total. The molecule has 0 saturated carbocycles. The molecule has 0 spiro atoms. The summed E-state index contributed by atoms with van der Waals surface area (Å²) in [4.78, 5) is 12.6. The van der Waals surface area contributed by atoms with E-state index in [1.54, 1.807) is 24.3 Å². The molecule has 0 saturated heterocycles. The Morgan fingerprint density at radius 2 is 1.82 bits per heavy atom. The minimum Gasteiger partial charge on any atom is -0.493 e. The van der Waals surface area contributed by atoms with Gasteiger partial charge in [-0.3, -0.25) is 4.79 Å². The molecule has 0 heterocycles. The monoisotopic (exact) mass is 652 g/mol. The Labute approximate surface area is 219 Å². The molecule has 3 aromatic rings. The molecular formula is C24H18BrIN2O5S. The van der Waals surface area contributed by atoms with Crippen molar-refractivity contribution in [1.29, 1.82) is 5.26 Å². The smallest absolute Gasteiger partial charge is 0.339 e. The van der Waals surface area contributed by atoms with E-state index in [-0.39, 0.29) is 26.4 Å². The average Bonchev–Trinajstić information content (AvgIpc) is 2.80. The Morgan fingerprint density at radius 3 is 2.44 bits per heavy atom. The number of nitriles is 1. The van der Waals surface area contributed by atoms with E-state index in [1.165, 1.54) is 37.5 Å². The molecule has 0 aliphatic carbocycles. The summed E-state index contributed by atoms with van der Waals surface area (Å²) in [5.41, 5.74) is 1.78. The number of methoxy groups -OCH3 is 1. The van der Waals surface area contributed by atoms with Crippen LogP contribution in [-0.4, -0.2) is 21.4 Å². The number of halogens is 2. The van der Waals surface area contributed by atoms with Gasteiger partial charge in [-0.15, -0.1) is 0 Å². The lowest BCUT2D eigenvalue weighted by Gasteiger charge is -2.14. The van der Waals surface area contributed by atoms with Gasteiger partial charge >= 0.3 is 10.1 Å². The van der Waals surface area contributed by atoms with Crippen LogP contribution in [0.4, 0.5) is 5.69 Å². The van der Waals surface area contributed by atoms with Crippen LogP contribution in [0.3, 0.4) is 0 Å². The molecule has 0 fully saturated rings. The maximum absolute atomic E-state index is 12.7. The van der Waals surface area contributed by atoms with E-state index in [9.17, 15) is 18.5 Å². The second-order valence-corrected chi connectivity index (χ2v) is 10.6. The first-order chi connectivity index (χ1) is 16.1. The number of hydrogen-bond acceptors (Lipinski definition) is 6. The Kier molecular flexibility index (Phi) is 8.35. The second-order valence-electron chi connectivity index (χ2n) is 6.99. The first-order valence-corrected chi connectivity index (χ1v) is 13.0. The van der Waals surface area contributed by atoms with Gasteiger partial charge in [-0.25, -0.2) is 0 Å². The summed E-state index contributed by atoms with van der Waals surface area (Å²) >= 11 is 5.39. The summed E-state index contributed by atoms with van der Waals surface area (Å²) < 4.78 is 37.2. The predicted octanol–water partition coefficient (Wildman–Crippen LogP) is 5.68. The minimum absolute atomic E-state index is 0.00462. The van der Waals surface area contributed by atoms with Crippen molar-refractivity contribution in [2.45, 2.75) is 11.8 Å². The van der Waals surface area contributed by atoms with Crippen LogP contribution < -0.4 is 14.2 Å². The Morgan fingerprint density at radius 1 is 1.15 bits per heavy atom. The van der Waals surface area contributed by atoms with Crippen molar-refractivity contribution in [1.82, 2.24) is 0 Å². The molecule has 174 valence electrons. The third-order valence-electron chi connectivity index (χ3n) is 4.55. The van der Waals surface area contributed by atoms with Crippen molar-refractivity contribution >= 4 is 66.3 Å². The van der Waals surface area contributed by atoms with Crippen molar-refractivity contribution in [2.24, 2.45) is 0 Å². The summed E-state index contributed by atoms with van der Waals surface area (Å²) in [6.07, 6.45) is 1.37. The van der Waals surface area contributed by atoms with Gasteiger partial charge in [0.25, 0.3) is 5.91 Å². The molecule has 1 amide bonds. The lowest BCUT2D eigenvalue weighted by molar-refractivity contribution is -0.112. The van der Waals surface area contributed by atoms with Gasteiger partial charge < -0.3 is 14.2 Å². The highest BCUT2D eigenvalue weighted by Crippen LogP contribution is 2.39. The predicted molar refractivity (Wildman–Crippen MR) is 141 cm³/mol. The number of nitrogens with zero attached hydrogens (tertiary/aromatic N) is 1. The number of hydrogen-bond donors (Lipinski definition) is 1. The lowest BCUT2D eigenvalue weighted by atomic mass is 10.1. The maximum Gasteiger partial charge on any atom is 0.339 e. The van der Waals surface area contributed by atoms with E-state index in [4.69, 9.17) is 8.92 Å². The highest BCUT2D eigenvalue weighted by Gasteiger charge is 2.22. The highest BCUT2D eigenvalue weighted by atomic mass is 127. The molecule has 1 N–H and O–H groups in total. The van der Waals surface area contributed by atoms with E-state index < -0.39 is 16.0 Å². The van der Waals surface area contributed by atoms with Crippen LogP contribution in [0, 0.1) is 21.8 Å². The lowest BCUT2D eigenvalue weighted by Crippen LogP contribution is -2.14. The molecule has 3 rings (SSSR count). The summed E-state index contributed by atoms with van der Waals surface area (Å²) in [5, 5.41) is 12.2. The number of carbonyl (C=O) groups excluding carboxylic acids is 1. The van der Waals surface area contributed by atoms with Gasteiger partial charge in [0.1, 0.15) is 16.5 Å². The van der Waals surface area contributed by atoms with Crippen molar-refractivity contribution in [3.8, 4) is 17.6 Å². The molecule has 34 heavy (non-hydrogen) atoms. The zero-order valence-electron chi connectivity index (χ0n) is 18.0. The summed E-state index contributed by atoms with van der Waals surface area (Å²) in [5.74, 6) is -0.530. The normalized spacial score (nSPS) is 11.4. The molecule has 0 unspecified atom stereocenters. The van der Waals surface area contributed by atoms with Gasteiger partial charge in [0, 0.05) is 3.57 Å². The van der Waals surface area contributed by atoms with Crippen LogP contribution in [0.2, 0.25) is 0 Å². The fraction of sp³-hybridized carbons (Fsp3) is 0.0833. The fourth-order valence-electron chi connectivity index (χ4n) is 2.83. The van der Waals surface area contributed by atoms with E-state index in [1.807, 2.05) is 25.1 Å². The largest absolute Gasteiger partial charge is 0.493 e. The third kappa shape index (κ3) is 6.16. The number of anilines is 1. The first kappa shape index (κ1) is 25.7. The third-order valence-corrected chi connectivity index (χ3v) is 7.32. The number of nitrogens with one attached hydrogen (secondary N) is 1. The topological polar surface area (TPSA) is 105 Å². The quantitative estimate of drug-likeness (QED) is 0.152. The van der Waals surface area contributed by atoms with Crippen LogP contribution in [0.15, 0.2) is 75.6 Å². The van der Waals surface area contributed by atoms with Crippen molar-refractivity contribution in [3.63, 3.8) is 0 Å². The SMILES string of the molecule is COc1cc(/C=C(/C#N)C(=O)Nc2ccccc2I)cc(Br)c1OS(=O)(=O)c1ccc(C)cc1. The zero-order valence-corrected chi connectivity index (χ0v) is 22.6. The molecule has 0 bridgehead atoms. The molecule has 0 radical (unpaired) electrons. The number of rotatable bonds is 7. The Hall–Kier alpha value is -2.88. The molecule has 3 aromatic carbocycles. The second kappa shape index (κ2) is 11.0. The van der Waals surface area contributed by atoms with Gasteiger partial charge in [0.15, 0.2) is 11.5 Å². The number of aryl methyl sites for hydroxylation is 1. The Balaban J connectivity index is 1.92. The van der Waals surface area contributed by atoms with Crippen molar-refractivity contribution in [3.05, 3.63) is 85.4 Å². The van der Waals surface area contributed by atoms with Crippen LogP contribution in [-0.2, 0) is 14.9 Å². The highest BCUT2D eigenvalue weighted by molar-refractivity contribution is 14.1. The van der Waals surface area contributed by atoms with Gasteiger partial charge in [0.05, 0.1) is 17.3 Å². The fourth-order valence-corrected chi connectivity index (χ4v) is 4.96. The van der Waals surface area contributed by atoms with Crippen LogP contribution in [0.1, 0.15) is 11.1 Å². The molecule has 0 atom stereocenters. The van der Waals surface area contributed by atoms with Gasteiger partial charge in [-0.05, 0) is 93.5 Å². The van der Waals surface area contributed by atoms with Gasteiger partial charge in [-0.2, -0.15) is 13.7 Å². The number of benzene rings is 3. The minimum atomic E-state index is -4.12. The molecule has 0 aliphatic heterocycles.